The van der Waals surface area contributed by atoms with Crippen LogP contribution in [0.3, 0.4) is 0 Å². The predicted octanol–water partition coefficient (Wildman–Crippen LogP) is 3.00. The molecule has 0 radical (unpaired) electrons. The van der Waals surface area contributed by atoms with Gasteiger partial charge in [0.05, 0.1) is 10.5 Å². The molecular weight excluding hydrogens is 279 g/mol. The Balaban J connectivity index is 2.27. The van der Waals surface area contributed by atoms with E-state index >= 15 is 0 Å². The Bertz CT molecular complexity index is 731. The van der Waals surface area contributed by atoms with Gasteiger partial charge in [-0.05, 0) is 25.1 Å². The number of hydrogen-bond acceptors (Lipinski definition) is 4. The quantitative estimate of drug-likeness (QED) is 0.671. The highest BCUT2D eigenvalue weighted by Gasteiger charge is 2.15. The maximum atomic E-state index is 12.9. The monoisotopic (exact) mass is 290 g/mol. The van der Waals surface area contributed by atoms with Gasteiger partial charge in [0.2, 0.25) is 0 Å². The summed E-state index contributed by atoms with van der Waals surface area (Å²) < 4.78 is 12.9. The third-order valence-electron chi connectivity index (χ3n) is 2.87. The van der Waals surface area contributed by atoms with Gasteiger partial charge in [-0.3, -0.25) is 14.9 Å². The van der Waals surface area contributed by atoms with Crippen molar-refractivity contribution >= 4 is 17.3 Å². The minimum absolute atomic E-state index is 0.125. The van der Waals surface area contributed by atoms with Crippen LogP contribution in [-0.4, -0.2) is 15.9 Å². The zero-order valence-electron chi connectivity index (χ0n) is 11.0. The topological polar surface area (TPSA) is 92.5 Å². The summed E-state index contributed by atoms with van der Waals surface area (Å²) in [5.74, 6) is -1.87. The molecule has 0 aromatic heterocycles. The smallest absolute Gasteiger partial charge is 0.274 e. The minimum atomic E-state index is -0.689. The molecule has 2 rings (SSSR count). The molecule has 0 heterocycles. The second-order valence-electron chi connectivity index (χ2n) is 4.37. The van der Waals surface area contributed by atoms with Crippen LogP contribution >= 0.6 is 0 Å². The number of hydrogen-bond donors (Lipinski definition) is 2. The second-order valence-corrected chi connectivity index (χ2v) is 4.37. The van der Waals surface area contributed by atoms with Gasteiger partial charge in [0, 0.05) is 23.4 Å². The van der Waals surface area contributed by atoms with Crippen LogP contribution in [0.25, 0.3) is 0 Å². The first kappa shape index (κ1) is 14.4. The lowest BCUT2D eigenvalue weighted by Crippen LogP contribution is -2.12. The second kappa shape index (κ2) is 5.58. The van der Waals surface area contributed by atoms with E-state index in [0.29, 0.717) is 5.56 Å². The van der Waals surface area contributed by atoms with E-state index < -0.39 is 22.4 Å². The van der Waals surface area contributed by atoms with Gasteiger partial charge in [-0.2, -0.15) is 0 Å². The highest BCUT2D eigenvalue weighted by atomic mass is 19.1. The summed E-state index contributed by atoms with van der Waals surface area (Å²) in [6, 6.07) is 7.19. The number of amides is 1. The molecule has 0 aliphatic heterocycles. The molecule has 2 N–H and O–H groups in total. The number of carbonyl (C=O) groups is 1. The van der Waals surface area contributed by atoms with Gasteiger partial charge in [-0.25, -0.2) is 4.39 Å². The van der Waals surface area contributed by atoms with Crippen molar-refractivity contribution in [1.29, 1.82) is 0 Å². The van der Waals surface area contributed by atoms with Crippen LogP contribution < -0.4 is 5.32 Å². The van der Waals surface area contributed by atoms with Crippen LogP contribution in [0.2, 0.25) is 0 Å². The third-order valence-corrected chi connectivity index (χ3v) is 2.87. The van der Waals surface area contributed by atoms with E-state index in [0.717, 1.165) is 18.2 Å². The highest BCUT2D eigenvalue weighted by Crippen LogP contribution is 2.24. The first-order valence-corrected chi connectivity index (χ1v) is 5.93. The molecule has 0 fully saturated rings. The van der Waals surface area contributed by atoms with E-state index in [1.807, 2.05) is 0 Å². The van der Waals surface area contributed by atoms with Crippen LogP contribution in [0, 0.1) is 22.9 Å². The fourth-order valence-electron chi connectivity index (χ4n) is 1.78. The molecule has 0 unspecified atom stereocenters. The van der Waals surface area contributed by atoms with Gasteiger partial charge in [0.25, 0.3) is 11.6 Å². The Morgan fingerprint density at radius 1 is 1.29 bits per heavy atom. The van der Waals surface area contributed by atoms with Crippen molar-refractivity contribution in [2.75, 3.05) is 5.32 Å². The summed E-state index contributed by atoms with van der Waals surface area (Å²) in [5.41, 5.74) is 0.416. The van der Waals surface area contributed by atoms with Gasteiger partial charge in [-0.15, -0.1) is 0 Å². The van der Waals surface area contributed by atoms with E-state index in [-0.39, 0.29) is 16.9 Å². The van der Waals surface area contributed by atoms with Crippen LogP contribution in [0.5, 0.6) is 5.75 Å². The number of rotatable bonds is 3. The van der Waals surface area contributed by atoms with Crippen LogP contribution in [0.1, 0.15) is 15.9 Å². The van der Waals surface area contributed by atoms with Gasteiger partial charge in [0.1, 0.15) is 11.6 Å². The summed E-state index contributed by atoms with van der Waals surface area (Å²) in [5, 5.41) is 22.8. The lowest BCUT2D eigenvalue weighted by molar-refractivity contribution is -0.385. The number of nitro groups is 1. The number of nitro benzene ring substituents is 1. The SMILES string of the molecule is Cc1ccc(NC(=O)c2ccc(F)cc2O)cc1[N+](=O)[O-]. The fourth-order valence-corrected chi connectivity index (χ4v) is 1.78. The summed E-state index contributed by atoms with van der Waals surface area (Å²) in [4.78, 5) is 22.2. The molecule has 0 saturated carbocycles. The molecule has 2 aromatic rings. The van der Waals surface area contributed by atoms with E-state index in [1.54, 1.807) is 6.92 Å². The molecule has 2 aromatic carbocycles. The van der Waals surface area contributed by atoms with Crippen molar-refractivity contribution in [2.45, 2.75) is 6.92 Å². The predicted molar refractivity (Wildman–Crippen MR) is 73.9 cm³/mol. The Morgan fingerprint density at radius 2 is 2.00 bits per heavy atom. The Morgan fingerprint density at radius 3 is 2.62 bits per heavy atom. The minimum Gasteiger partial charge on any atom is -0.507 e. The van der Waals surface area contributed by atoms with Crippen molar-refractivity contribution in [2.24, 2.45) is 0 Å². The average Bonchev–Trinajstić information content (AvgIpc) is 2.40. The lowest BCUT2D eigenvalue weighted by atomic mass is 10.1. The largest absolute Gasteiger partial charge is 0.507 e. The van der Waals surface area contributed by atoms with Crippen molar-refractivity contribution in [3.63, 3.8) is 0 Å². The van der Waals surface area contributed by atoms with E-state index in [1.165, 1.54) is 18.2 Å². The van der Waals surface area contributed by atoms with Gasteiger partial charge < -0.3 is 10.4 Å². The number of benzene rings is 2. The van der Waals surface area contributed by atoms with Crippen LogP contribution in [0.15, 0.2) is 36.4 Å². The van der Waals surface area contributed by atoms with E-state index in [2.05, 4.69) is 5.32 Å². The fraction of sp³-hybridized carbons (Fsp3) is 0.0714. The average molecular weight is 290 g/mol. The van der Waals surface area contributed by atoms with Crippen molar-refractivity contribution in [3.05, 3.63) is 63.5 Å². The zero-order chi connectivity index (χ0) is 15.6. The molecule has 0 spiro atoms. The molecule has 21 heavy (non-hydrogen) atoms. The maximum absolute atomic E-state index is 12.9. The van der Waals surface area contributed by atoms with E-state index in [9.17, 15) is 24.4 Å². The van der Waals surface area contributed by atoms with Crippen LogP contribution in [0.4, 0.5) is 15.8 Å². The summed E-state index contributed by atoms with van der Waals surface area (Å²) >= 11 is 0. The van der Waals surface area contributed by atoms with E-state index in [4.69, 9.17) is 0 Å². The van der Waals surface area contributed by atoms with Crippen LogP contribution in [-0.2, 0) is 0 Å². The Kier molecular flexibility index (Phi) is 3.84. The first-order chi connectivity index (χ1) is 9.88. The molecule has 108 valence electrons. The van der Waals surface area contributed by atoms with Gasteiger partial charge >= 0.3 is 0 Å². The number of aromatic hydroxyl groups is 1. The molecule has 0 saturated heterocycles. The third kappa shape index (κ3) is 3.14. The molecular formula is C14H11FN2O4. The number of anilines is 1. The Labute approximate surface area is 119 Å². The number of aryl methyl sites for hydroxylation is 1. The number of nitrogens with zero attached hydrogens (tertiary/aromatic N) is 1. The maximum Gasteiger partial charge on any atom is 0.274 e. The summed E-state index contributed by atoms with van der Waals surface area (Å²) in [6.07, 6.45) is 0. The molecule has 0 bridgehead atoms. The molecule has 6 nitrogen and oxygen atoms in total. The molecule has 0 aliphatic carbocycles. The Hall–Kier alpha value is -2.96. The number of halogens is 1. The number of carbonyl (C=O) groups excluding carboxylic acids is 1. The molecule has 0 atom stereocenters. The van der Waals surface area contributed by atoms with Crippen molar-refractivity contribution in [3.8, 4) is 5.75 Å². The number of phenols is 1. The molecule has 0 aliphatic rings. The van der Waals surface area contributed by atoms with Gasteiger partial charge in [-0.1, -0.05) is 6.07 Å². The summed E-state index contributed by atoms with van der Waals surface area (Å²) in [6.45, 7) is 1.58. The van der Waals surface area contributed by atoms with Crippen molar-refractivity contribution in [1.82, 2.24) is 0 Å². The summed E-state index contributed by atoms with van der Waals surface area (Å²) in [7, 11) is 0. The number of nitrogens with one attached hydrogen (secondary N) is 1. The zero-order valence-corrected chi connectivity index (χ0v) is 11.0. The molecule has 1 amide bonds. The first-order valence-electron chi connectivity index (χ1n) is 5.93. The standard InChI is InChI=1S/C14H11FN2O4/c1-8-2-4-10(7-12(8)17(20)21)16-14(19)11-5-3-9(15)6-13(11)18/h2-7,18H,1H3,(H,16,19). The van der Waals surface area contributed by atoms with Crippen molar-refractivity contribution < 1.29 is 19.2 Å². The molecule has 7 heteroatoms. The lowest BCUT2D eigenvalue weighted by Gasteiger charge is -2.07. The highest BCUT2D eigenvalue weighted by molar-refractivity contribution is 6.06. The normalized spacial score (nSPS) is 10.2. The number of phenolic OH excluding ortho intramolecular Hbond substituents is 1. The van der Waals surface area contributed by atoms with Gasteiger partial charge in [0.15, 0.2) is 0 Å².